The van der Waals surface area contributed by atoms with Crippen LogP contribution in [-0.4, -0.2) is 16.9 Å². The SMILES string of the molecule is CC(C)c1ccc2c(c1)CCc1cc(C(=O)O)ccc1C2=O. The Hall–Kier alpha value is -2.42. The molecule has 0 bridgehead atoms. The molecule has 0 unspecified atom stereocenters. The predicted molar refractivity (Wildman–Crippen MR) is 84.8 cm³/mol. The maximum Gasteiger partial charge on any atom is 0.335 e. The lowest BCUT2D eigenvalue weighted by Gasteiger charge is -2.10. The van der Waals surface area contributed by atoms with Gasteiger partial charge in [-0.25, -0.2) is 4.79 Å². The van der Waals surface area contributed by atoms with Crippen LogP contribution in [0.25, 0.3) is 0 Å². The second-order valence-electron chi connectivity index (χ2n) is 6.08. The van der Waals surface area contributed by atoms with Gasteiger partial charge in [-0.1, -0.05) is 32.0 Å². The lowest BCUT2D eigenvalue weighted by molar-refractivity contribution is 0.0696. The summed E-state index contributed by atoms with van der Waals surface area (Å²) in [5, 5.41) is 9.11. The molecule has 0 atom stereocenters. The molecule has 2 aromatic rings. The van der Waals surface area contributed by atoms with Crippen molar-refractivity contribution in [3.8, 4) is 0 Å². The van der Waals surface area contributed by atoms with Gasteiger partial charge in [0.05, 0.1) is 5.56 Å². The van der Waals surface area contributed by atoms with E-state index in [4.69, 9.17) is 5.11 Å². The minimum Gasteiger partial charge on any atom is -0.478 e. The Kier molecular flexibility index (Phi) is 3.57. The maximum atomic E-state index is 12.7. The molecule has 1 aliphatic carbocycles. The smallest absolute Gasteiger partial charge is 0.335 e. The van der Waals surface area contributed by atoms with Crippen LogP contribution in [0.15, 0.2) is 36.4 Å². The molecule has 0 saturated heterocycles. The third kappa shape index (κ3) is 2.43. The van der Waals surface area contributed by atoms with Crippen LogP contribution in [0.4, 0.5) is 0 Å². The van der Waals surface area contributed by atoms with Gasteiger partial charge >= 0.3 is 5.97 Å². The van der Waals surface area contributed by atoms with Gasteiger partial charge in [0.1, 0.15) is 0 Å². The molecule has 3 nitrogen and oxygen atoms in total. The molecule has 22 heavy (non-hydrogen) atoms. The van der Waals surface area contributed by atoms with Crippen molar-refractivity contribution in [1.82, 2.24) is 0 Å². The van der Waals surface area contributed by atoms with Gasteiger partial charge in [-0.2, -0.15) is 0 Å². The minimum absolute atomic E-state index is 0.00487. The van der Waals surface area contributed by atoms with Crippen LogP contribution in [0.1, 0.15) is 62.7 Å². The van der Waals surface area contributed by atoms with Gasteiger partial charge in [-0.15, -0.1) is 0 Å². The fourth-order valence-electron chi connectivity index (χ4n) is 2.97. The summed E-state index contributed by atoms with van der Waals surface area (Å²) in [6, 6.07) is 10.8. The van der Waals surface area contributed by atoms with Crippen molar-refractivity contribution in [1.29, 1.82) is 0 Å². The van der Waals surface area contributed by atoms with E-state index in [0.717, 1.165) is 23.1 Å². The first kappa shape index (κ1) is 14.5. The molecule has 0 spiro atoms. The Morgan fingerprint density at radius 1 is 1.00 bits per heavy atom. The van der Waals surface area contributed by atoms with Crippen molar-refractivity contribution in [3.05, 3.63) is 69.8 Å². The van der Waals surface area contributed by atoms with Crippen LogP contribution in [0.3, 0.4) is 0 Å². The quantitative estimate of drug-likeness (QED) is 0.915. The zero-order valence-electron chi connectivity index (χ0n) is 12.7. The number of aromatic carboxylic acids is 1. The number of aryl methyl sites for hydroxylation is 2. The molecule has 0 heterocycles. The van der Waals surface area contributed by atoms with E-state index in [1.807, 2.05) is 12.1 Å². The summed E-state index contributed by atoms with van der Waals surface area (Å²) in [5.74, 6) is -0.543. The Balaban J connectivity index is 2.08. The summed E-state index contributed by atoms with van der Waals surface area (Å²) in [4.78, 5) is 23.8. The first-order valence-electron chi connectivity index (χ1n) is 7.51. The molecule has 0 radical (unpaired) electrons. The van der Waals surface area contributed by atoms with E-state index in [1.165, 1.54) is 11.6 Å². The van der Waals surface area contributed by atoms with Gasteiger partial charge in [0.15, 0.2) is 5.78 Å². The highest BCUT2D eigenvalue weighted by atomic mass is 16.4. The molecule has 0 aliphatic heterocycles. The van der Waals surface area contributed by atoms with E-state index >= 15 is 0 Å². The zero-order valence-corrected chi connectivity index (χ0v) is 12.7. The van der Waals surface area contributed by atoms with Crippen LogP contribution in [-0.2, 0) is 12.8 Å². The van der Waals surface area contributed by atoms with E-state index in [9.17, 15) is 9.59 Å². The van der Waals surface area contributed by atoms with E-state index < -0.39 is 5.97 Å². The molecule has 1 N–H and O–H groups in total. The predicted octanol–water partition coefficient (Wildman–Crippen LogP) is 3.84. The Morgan fingerprint density at radius 3 is 2.18 bits per heavy atom. The van der Waals surface area contributed by atoms with E-state index in [-0.39, 0.29) is 11.3 Å². The number of carbonyl (C=O) groups is 2. The number of fused-ring (bicyclic) bond motifs is 2. The average molecular weight is 294 g/mol. The van der Waals surface area contributed by atoms with Crippen molar-refractivity contribution in [2.45, 2.75) is 32.6 Å². The summed E-state index contributed by atoms with van der Waals surface area (Å²) < 4.78 is 0. The fourth-order valence-corrected chi connectivity index (χ4v) is 2.97. The van der Waals surface area contributed by atoms with Crippen molar-refractivity contribution in [2.75, 3.05) is 0 Å². The number of carboxylic acids is 1. The van der Waals surface area contributed by atoms with Crippen LogP contribution in [0.2, 0.25) is 0 Å². The molecular formula is C19H18O3. The van der Waals surface area contributed by atoms with E-state index in [2.05, 4.69) is 19.9 Å². The second kappa shape index (κ2) is 5.41. The van der Waals surface area contributed by atoms with Crippen molar-refractivity contribution < 1.29 is 14.7 Å². The standard InChI is InChI=1S/C19H18O3/c1-11(2)12-5-7-16-13(9-12)3-4-14-10-15(19(21)22)6-8-17(14)18(16)20/h5-11H,3-4H2,1-2H3,(H,21,22). The lowest BCUT2D eigenvalue weighted by atomic mass is 9.93. The van der Waals surface area contributed by atoms with E-state index in [1.54, 1.807) is 12.1 Å². The number of hydrogen-bond donors (Lipinski definition) is 1. The number of ketones is 1. The number of carbonyl (C=O) groups excluding carboxylic acids is 1. The van der Waals surface area contributed by atoms with Crippen LogP contribution in [0.5, 0.6) is 0 Å². The Bertz CT molecular complexity index is 772. The number of rotatable bonds is 2. The average Bonchev–Trinajstić information content (AvgIpc) is 2.64. The summed E-state index contributed by atoms with van der Waals surface area (Å²) in [6.07, 6.45) is 1.45. The second-order valence-corrected chi connectivity index (χ2v) is 6.08. The van der Waals surface area contributed by atoms with Crippen LogP contribution >= 0.6 is 0 Å². The monoisotopic (exact) mass is 294 g/mol. The third-order valence-electron chi connectivity index (χ3n) is 4.30. The van der Waals surface area contributed by atoms with Crippen molar-refractivity contribution >= 4 is 11.8 Å². The maximum absolute atomic E-state index is 12.7. The van der Waals surface area contributed by atoms with Gasteiger partial charge < -0.3 is 5.11 Å². The molecule has 0 fully saturated rings. The van der Waals surface area contributed by atoms with Gasteiger partial charge in [-0.3, -0.25) is 4.79 Å². The molecule has 0 amide bonds. The summed E-state index contributed by atoms with van der Waals surface area (Å²) in [6.45, 7) is 4.27. The van der Waals surface area contributed by atoms with Gasteiger partial charge in [-0.05, 0) is 53.6 Å². The zero-order chi connectivity index (χ0) is 15.9. The largest absolute Gasteiger partial charge is 0.478 e. The summed E-state index contributed by atoms with van der Waals surface area (Å²) >= 11 is 0. The number of benzene rings is 2. The first-order chi connectivity index (χ1) is 10.5. The summed E-state index contributed by atoms with van der Waals surface area (Å²) in [7, 11) is 0. The topological polar surface area (TPSA) is 54.4 Å². The minimum atomic E-state index is -0.959. The van der Waals surface area contributed by atoms with E-state index in [0.29, 0.717) is 17.9 Å². The fraction of sp³-hybridized carbons (Fsp3) is 0.263. The normalized spacial score (nSPS) is 13.5. The Labute approximate surface area is 129 Å². The van der Waals surface area contributed by atoms with Gasteiger partial charge in [0.25, 0.3) is 0 Å². The Morgan fingerprint density at radius 2 is 1.59 bits per heavy atom. The molecule has 2 aromatic carbocycles. The van der Waals surface area contributed by atoms with Gasteiger partial charge in [0.2, 0.25) is 0 Å². The molecule has 0 aromatic heterocycles. The molecule has 0 saturated carbocycles. The highest BCUT2D eigenvalue weighted by Crippen LogP contribution is 2.28. The molecule has 3 rings (SSSR count). The summed E-state index contributed by atoms with van der Waals surface area (Å²) in [5.41, 5.74) is 4.72. The van der Waals surface area contributed by atoms with Crippen LogP contribution < -0.4 is 0 Å². The number of hydrogen-bond acceptors (Lipinski definition) is 2. The highest BCUT2D eigenvalue weighted by Gasteiger charge is 2.22. The van der Waals surface area contributed by atoms with Crippen LogP contribution in [0, 0.1) is 0 Å². The molecule has 1 aliphatic rings. The number of carboxylic acid groups (broad SMARTS) is 1. The lowest BCUT2D eigenvalue weighted by Crippen LogP contribution is -2.06. The third-order valence-corrected chi connectivity index (χ3v) is 4.30. The van der Waals surface area contributed by atoms with Crippen molar-refractivity contribution in [2.24, 2.45) is 0 Å². The molecular weight excluding hydrogens is 276 g/mol. The van der Waals surface area contributed by atoms with Gasteiger partial charge in [0, 0.05) is 11.1 Å². The molecule has 3 heteroatoms. The highest BCUT2D eigenvalue weighted by molar-refractivity contribution is 6.11. The van der Waals surface area contributed by atoms with Crippen molar-refractivity contribution in [3.63, 3.8) is 0 Å². The molecule has 112 valence electrons. The first-order valence-corrected chi connectivity index (χ1v) is 7.51.